The van der Waals surface area contributed by atoms with Crippen LogP contribution in [0.2, 0.25) is 10.0 Å². The molecule has 2 aromatic rings. The van der Waals surface area contributed by atoms with Gasteiger partial charge in [0.05, 0.1) is 10.0 Å². The van der Waals surface area contributed by atoms with Crippen molar-refractivity contribution in [3.8, 4) is 0 Å². The Bertz CT molecular complexity index is 540. The van der Waals surface area contributed by atoms with E-state index in [9.17, 15) is 0 Å². The fourth-order valence-electron chi connectivity index (χ4n) is 2.15. The first-order chi connectivity index (χ1) is 9.66. The van der Waals surface area contributed by atoms with Crippen molar-refractivity contribution in [1.29, 1.82) is 0 Å². The van der Waals surface area contributed by atoms with E-state index < -0.39 is 0 Å². The molecule has 0 saturated heterocycles. The van der Waals surface area contributed by atoms with E-state index in [1.807, 2.05) is 18.2 Å². The quantitative estimate of drug-likeness (QED) is 0.716. The number of halogens is 2. The van der Waals surface area contributed by atoms with Gasteiger partial charge in [-0.05, 0) is 42.1 Å². The summed E-state index contributed by atoms with van der Waals surface area (Å²) in [7, 11) is 0. The summed E-state index contributed by atoms with van der Waals surface area (Å²) >= 11 is 11.9. The SMILES string of the molecule is CC(CCNCc1ccc(Cl)c(Cl)c1)c1ccccc1. The predicted molar refractivity (Wildman–Crippen MR) is 87.6 cm³/mol. The molecule has 3 heteroatoms. The van der Waals surface area contributed by atoms with Crippen LogP contribution >= 0.6 is 23.2 Å². The van der Waals surface area contributed by atoms with Crippen LogP contribution in [-0.4, -0.2) is 6.54 Å². The van der Waals surface area contributed by atoms with Crippen LogP contribution in [0.1, 0.15) is 30.4 Å². The first-order valence-electron chi connectivity index (χ1n) is 6.86. The average molecular weight is 308 g/mol. The Labute approximate surface area is 130 Å². The van der Waals surface area contributed by atoms with E-state index in [-0.39, 0.29) is 0 Å². The lowest BCUT2D eigenvalue weighted by atomic mass is 9.98. The standard InChI is InChI=1S/C17H19Cl2N/c1-13(15-5-3-2-4-6-15)9-10-20-12-14-7-8-16(18)17(19)11-14/h2-8,11,13,20H,9-10,12H2,1H3. The van der Waals surface area contributed by atoms with Gasteiger partial charge in [0.25, 0.3) is 0 Å². The summed E-state index contributed by atoms with van der Waals surface area (Å²) in [5, 5.41) is 4.67. The number of rotatable bonds is 6. The molecule has 1 unspecified atom stereocenters. The second-order valence-corrected chi connectivity index (χ2v) is 5.84. The van der Waals surface area contributed by atoms with Gasteiger partial charge in [0.1, 0.15) is 0 Å². The molecule has 0 saturated carbocycles. The zero-order valence-electron chi connectivity index (χ0n) is 11.6. The molecule has 0 fully saturated rings. The van der Waals surface area contributed by atoms with E-state index >= 15 is 0 Å². The maximum absolute atomic E-state index is 6.00. The molecule has 0 aliphatic rings. The molecule has 0 radical (unpaired) electrons. The summed E-state index contributed by atoms with van der Waals surface area (Å²) in [6, 6.07) is 16.4. The molecule has 0 aliphatic carbocycles. The van der Waals surface area contributed by atoms with E-state index in [2.05, 4.69) is 42.6 Å². The third-order valence-electron chi connectivity index (χ3n) is 3.44. The second kappa shape index (κ2) is 7.68. The molecule has 1 nitrogen and oxygen atoms in total. The van der Waals surface area contributed by atoms with Crippen molar-refractivity contribution in [2.24, 2.45) is 0 Å². The maximum atomic E-state index is 6.00. The van der Waals surface area contributed by atoms with Crippen LogP contribution in [0.4, 0.5) is 0 Å². The summed E-state index contributed by atoms with van der Waals surface area (Å²) < 4.78 is 0. The van der Waals surface area contributed by atoms with E-state index in [0.29, 0.717) is 16.0 Å². The Hall–Kier alpha value is -1.02. The molecule has 0 amide bonds. The lowest BCUT2D eigenvalue weighted by Gasteiger charge is -2.12. The van der Waals surface area contributed by atoms with Gasteiger partial charge in [0, 0.05) is 6.54 Å². The lowest BCUT2D eigenvalue weighted by molar-refractivity contribution is 0.594. The molecule has 0 aromatic heterocycles. The number of hydrogen-bond acceptors (Lipinski definition) is 1. The molecule has 2 rings (SSSR count). The number of benzene rings is 2. The van der Waals surface area contributed by atoms with Crippen LogP contribution in [-0.2, 0) is 6.54 Å². The number of nitrogens with one attached hydrogen (secondary N) is 1. The fraction of sp³-hybridized carbons (Fsp3) is 0.294. The zero-order valence-corrected chi connectivity index (χ0v) is 13.1. The molecule has 0 bridgehead atoms. The molecule has 1 N–H and O–H groups in total. The third kappa shape index (κ3) is 4.52. The van der Waals surface area contributed by atoms with E-state index in [4.69, 9.17) is 23.2 Å². The van der Waals surface area contributed by atoms with Crippen LogP contribution in [0.15, 0.2) is 48.5 Å². The van der Waals surface area contributed by atoms with Gasteiger partial charge < -0.3 is 5.32 Å². The van der Waals surface area contributed by atoms with Crippen LogP contribution in [0, 0.1) is 0 Å². The molecule has 2 aromatic carbocycles. The highest BCUT2D eigenvalue weighted by molar-refractivity contribution is 6.42. The highest BCUT2D eigenvalue weighted by Crippen LogP contribution is 2.22. The largest absolute Gasteiger partial charge is 0.313 e. The maximum Gasteiger partial charge on any atom is 0.0595 e. The fourth-order valence-corrected chi connectivity index (χ4v) is 2.47. The van der Waals surface area contributed by atoms with Crippen molar-refractivity contribution < 1.29 is 0 Å². The molecule has 0 spiro atoms. The Kier molecular flexibility index (Phi) is 5.90. The van der Waals surface area contributed by atoms with E-state index in [0.717, 1.165) is 25.1 Å². The molecular formula is C17H19Cl2N. The first kappa shape index (κ1) is 15.4. The Morgan fingerprint density at radius 3 is 2.45 bits per heavy atom. The van der Waals surface area contributed by atoms with Crippen LogP contribution in [0.25, 0.3) is 0 Å². The molecule has 0 aliphatic heterocycles. The van der Waals surface area contributed by atoms with Gasteiger partial charge in [0.15, 0.2) is 0 Å². The predicted octanol–water partition coefficient (Wildman–Crippen LogP) is 5.28. The van der Waals surface area contributed by atoms with Crippen molar-refractivity contribution in [3.63, 3.8) is 0 Å². The molecule has 20 heavy (non-hydrogen) atoms. The van der Waals surface area contributed by atoms with Crippen LogP contribution in [0.5, 0.6) is 0 Å². The lowest BCUT2D eigenvalue weighted by Crippen LogP contribution is -2.16. The van der Waals surface area contributed by atoms with Crippen molar-refractivity contribution in [1.82, 2.24) is 5.32 Å². The summed E-state index contributed by atoms with van der Waals surface area (Å²) in [6.07, 6.45) is 1.12. The van der Waals surface area contributed by atoms with Gasteiger partial charge in [-0.1, -0.05) is 66.5 Å². The molecule has 106 valence electrons. The van der Waals surface area contributed by atoms with Gasteiger partial charge in [-0.15, -0.1) is 0 Å². The highest BCUT2D eigenvalue weighted by Gasteiger charge is 2.04. The van der Waals surface area contributed by atoms with E-state index in [1.54, 1.807) is 0 Å². The zero-order chi connectivity index (χ0) is 14.4. The summed E-state index contributed by atoms with van der Waals surface area (Å²) in [5.74, 6) is 0.567. The molecule has 0 heterocycles. The topological polar surface area (TPSA) is 12.0 Å². The van der Waals surface area contributed by atoms with Gasteiger partial charge >= 0.3 is 0 Å². The molecular weight excluding hydrogens is 289 g/mol. The van der Waals surface area contributed by atoms with Crippen molar-refractivity contribution in [3.05, 3.63) is 69.7 Å². The highest BCUT2D eigenvalue weighted by atomic mass is 35.5. The van der Waals surface area contributed by atoms with Crippen LogP contribution < -0.4 is 5.32 Å². The van der Waals surface area contributed by atoms with Gasteiger partial charge in [-0.25, -0.2) is 0 Å². The monoisotopic (exact) mass is 307 g/mol. The first-order valence-corrected chi connectivity index (χ1v) is 7.62. The van der Waals surface area contributed by atoms with Crippen molar-refractivity contribution >= 4 is 23.2 Å². The molecule has 1 atom stereocenters. The Balaban J connectivity index is 1.75. The normalized spacial score (nSPS) is 12.3. The Morgan fingerprint density at radius 2 is 1.75 bits per heavy atom. The summed E-state index contributed by atoms with van der Waals surface area (Å²) in [4.78, 5) is 0. The average Bonchev–Trinajstić information content (AvgIpc) is 2.48. The smallest absolute Gasteiger partial charge is 0.0595 e. The second-order valence-electron chi connectivity index (χ2n) is 5.03. The number of hydrogen-bond donors (Lipinski definition) is 1. The summed E-state index contributed by atoms with van der Waals surface area (Å²) in [5.41, 5.74) is 2.55. The Morgan fingerprint density at radius 1 is 1.00 bits per heavy atom. The van der Waals surface area contributed by atoms with Crippen LogP contribution in [0.3, 0.4) is 0 Å². The minimum atomic E-state index is 0.567. The van der Waals surface area contributed by atoms with Gasteiger partial charge in [-0.2, -0.15) is 0 Å². The van der Waals surface area contributed by atoms with Crippen molar-refractivity contribution in [2.75, 3.05) is 6.54 Å². The van der Waals surface area contributed by atoms with Crippen molar-refractivity contribution in [2.45, 2.75) is 25.8 Å². The van der Waals surface area contributed by atoms with Gasteiger partial charge in [-0.3, -0.25) is 0 Å². The van der Waals surface area contributed by atoms with E-state index in [1.165, 1.54) is 5.56 Å². The third-order valence-corrected chi connectivity index (χ3v) is 4.17. The van der Waals surface area contributed by atoms with Gasteiger partial charge in [0.2, 0.25) is 0 Å². The minimum Gasteiger partial charge on any atom is -0.313 e. The summed E-state index contributed by atoms with van der Waals surface area (Å²) in [6.45, 7) is 4.06. The minimum absolute atomic E-state index is 0.567.